The van der Waals surface area contributed by atoms with Crippen LogP contribution in [0.5, 0.6) is 5.75 Å². The molecule has 0 saturated heterocycles. The Bertz CT molecular complexity index is 1130. The van der Waals surface area contributed by atoms with Crippen molar-refractivity contribution in [3.8, 4) is 11.8 Å². The van der Waals surface area contributed by atoms with Crippen molar-refractivity contribution in [2.24, 2.45) is 0 Å². The fraction of sp³-hybridized carbons (Fsp3) is 0.0455. The standard InChI is InChI=1S/C22H16FNO3S/c23-19-11-9-17(10-12-19)16-27-20-6-4-5-18(13-20)14-22(15-24)28(25,26)21-7-2-1-3-8-21/h1-14H,16H2/b22-14+. The van der Waals surface area contributed by atoms with E-state index in [9.17, 15) is 18.1 Å². The number of hydrogen-bond donors (Lipinski definition) is 0. The average molecular weight is 393 g/mol. The molecular weight excluding hydrogens is 377 g/mol. The summed E-state index contributed by atoms with van der Waals surface area (Å²) in [6, 6.07) is 22.3. The summed E-state index contributed by atoms with van der Waals surface area (Å²) >= 11 is 0. The van der Waals surface area contributed by atoms with Gasteiger partial charge >= 0.3 is 0 Å². The van der Waals surface area contributed by atoms with Gasteiger partial charge in [0.1, 0.15) is 29.1 Å². The first kappa shape index (κ1) is 19.3. The van der Waals surface area contributed by atoms with Crippen LogP contribution in [0.25, 0.3) is 6.08 Å². The van der Waals surface area contributed by atoms with E-state index in [0.717, 1.165) is 5.56 Å². The molecule has 0 spiro atoms. The molecule has 3 aromatic rings. The molecule has 0 fully saturated rings. The number of ether oxygens (including phenoxy) is 1. The van der Waals surface area contributed by atoms with Crippen LogP contribution in [0.2, 0.25) is 0 Å². The summed E-state index contributed by atoms with van der Waals surface area (Å²) in [6.07, 6.45) is 1.31. The van der Waals surface area contributed by atoms with Crippen molar-refractivity contribution < 1.29 is 17.5 Å². The summed E-state index contributed by atoms with van der Waals surface area (Å²) in [7, 11) is -3.90. The van der Waals surface area contributed by atoms with Crippen LogP contribution in [0, 0.1) is 17.1 Å². The summed E-state index contributed by atoms with van der Waals surface area (Å²) in [5.41, 5.74) is 1.32. The molecule has 0 unspecified atom stereocenters. The van der Waals surface area contributed by atoms with Crippen LogP contribution < -0.4 is 4.74 Å². The highest BCUT2D eigenvalue weighted by Gasteiger charge is 2.20. The molecule has 3 aromatic carbocycles. The van der Waals surface area contributed by atoms with Crippen LogP contribution >= 0.6 is 0 Å². The normalized spacial score (nSPS) is 11.6. The lowest BCUT2D eigenvalue weighted by Crippen LogP contribution is -2.03. The maximum Gasteiger partial charge on any atom is 0.216 e. The van der Waals surface area contributed by atoms with Crippen molar-refractivity contribution in [2.75, 3.05) is 0 Å². The van der Waals surface area contributed by atoms with Crippen LogP contribution in [-0.4, -0.2) is 8.42 Å². The first-order valence-corrected chi connectivity index (χ1v) is 9.86. The van der Waals surface area contributed by atoms with Crippen LogP contribution in [0.3, 0.4) is 0 Å². The van der Waals surface area contributed by atoms with Gasteiger partial charge in [0, 0.05) is 0 Å². The van der Waals surface area contributed by atoms with Crippen molar-refractivity contribution >= 4 is 15.9 Å². The number of rotatable bonds is 6. The van der Waals surface area contributed by atoms with Gasteiger partial charge in [0.2, 0.25) is 9.84 Å². The van der Waals surface area contributed by atoms with Crippen LogP contribution in [-0.2, 0) is 16.4 Å². The molecule has 0 bridgehead atoms. The van der Waals surface area contributed by atoms with Crippen molar-refractivity contribution in [3.05, 3.63) is 101 Å². The number of allylic oxidation sites excluding steroid dienone is 1. The number of nitriles is 1. The summed E-state index contributed by atoms with van der Waals surface area (Å²) in [6.45, 7) is 0.237. The van der Waals surface area contributed by atoms with E-state index in [1.54, 1.807) is 60.7 Å². The monoisotopic (exact) mass is 393 g/mol. The smallest absolute Gasteiger partial charge is 0.216 e. The predicted octanol–water partition coefficient (Wildman–Crippen LogP) is 4.74. The number of benzene rings is 3. The highest BCUT2D eigenvalue weighted by Crippen LogP contribution is 2.23. The largest absolute Gasteiger partial charge is 0.489 e. The Morgan fingerprint density at radius 1 is 1.00 bits per heavy atom. The summed E-state index contributed by atoms with van der Waals surface area (Å²) < 4.78 is 43.9. The minimum Gasteiger partial charge on any atom is -0.489 e. The number of hydrogen-bond acceptors (Lipinski definition) is 4. The minimum absolute atomic E-state index is 0.0616. The second-order valence-corrected chi connectivity index (χ2v) is 7.84. The Kier molecular flexibility index (Phi) is 5.87. The Balaban J connectivity index is 1.82. The van der Waals surface area contributed by atoms with E-state index in [4.69, 9.17) is 4.74 Å². The second-order valence-electron chi connectivity index (χ2n) is 5.92. The first-order valence-electron chi connectivity index (χ1n) is 8.38. The third kappa shape index (κ3) is 4.64. The van der Waals surface area contributed by atoms with Crippen molar-refractivity contribution in [1.82, 2.24) is 0 Å². The molecule has 4 nitrogen and oxygen atoms in total. The van der Waals surface area contributed by atoms with Gasteiger partial charge in [-0.3, -0.25) is 0 Å². The molecule has 0 aliphatic heterocycles. The predicted molar refractivity (Wildman–Crippen MR) is 104 cm³/mol. The van der Waals surface area contributed by atoms with Gasteiger partial charge in [-0.25, -0.2) is 12.8 Å². The van der Waals surface area contributed by atoms with E-state index in [1.165, 1.54) is 30.3 Å². The fourth-order valence-electron chi connectivity index (χ4n) is 2.49. The lowest BCUT2D eigenvalue weighted by molar-refractivity contribution is 0.306. The molecule has 3 rings (SSSR count). The third-order valence-electron chi connectivity index (χ3n) is 3.93. The molecule has 0 aliphatic rings. The molecule has 28 heavy (non-hydrogen) atoms. The van der Waals surface area contributed by atoms with Crippen LogP contribution in [0.1, 0.15) is 11.1 Å². The van der Waals surface area contributed by atoms with Gasteiger partial charge in [-0.1, -0.05) is 42.5 Å². The van der Waals surface area contributed by atoms with E-state index in [2.05, 4.69) is 0 Å². The third-order valence-corrected chi connectivity index (χ3v) is 5.61. The van der Waals surface area contributed by atoms with Gasteiger partial charge < -0.3 is 4.74 Å². The van der Waals surface area contributed by atoms with Crippen molar-refractivity contribution in [2.45, 2.75) is 11.5 Å². The quantitative estimate of drug-likeness (QED) is 0.567. The van der Waals surface area contributed by atoms with Crippen LogP contribution in [0.4, 0.5) is 4.39 Å². The van der Waals surface area contributed by atoms with Gasteiger partial charge in [-0.05, 0) is 53.6 Å². The molecule has 0 atom stereocenters. The minimum atomic E-state index is -3.90. The molecule has 0 saturated carbocycles. The van der Waals surface area contributed by atoms with Crippen molar-refractivity contribution in [3.63, 3.8) is 0 Å². The van der Waals surface area contributed by atoms with Crippen molar-refractivity contribution in [1.29, 1.82) is 5.26 Å². The SMILES string of the molecule is N#C/C(=C\c1cccc(OCc2ccc(F)cc2)c1)S(=O)(=O)c1ccccc1. The van der Waals surface area contributed by atoms with Gasteiger partial charge in [-0.15, -0.1) is 0 Å². The number of sulfone groups is 1. The highest BCUT2D eigenvalue weighted by molar-refractivity contribution is 7.95. The summed E-state index contributed by atoms with van der Waals surface area (Å²) in [5, 5.41) is 9.37. The molecule has 0 amide bonds. The fourth-order valence-corrected chi connectivity index (χ4v) is 3.67. The zero-order valence-electron chi connectivity index (χ0n) is 14.7. The molecule has 140 valence electrons. The number of nitrogens with zero attached hydrogens (tertiary/aromatic N) is 1. The Hall–Kier alpha value is -3.43. The van der Waals surface area contributed by atoms with E-state index in [1.807, 2.05) is 0 Å². The van der Waals surface area contributed by atoms with Gasteiger partial charge in [0.25, 0.3) is 0 Å². The van der Waals surface area contributed by atoms with Crippen LogP contribution in [0.15, 0.2) is 88.7 Å². The maximum atomic E-state index is 13.0. The van der Waals surface area contributed by atoms with E-state index in [-0.39, 0.29) is 22.2 Å². The first-order chi connectivity index (χ1) is 13.5. The molecule has 0 N–H and O–H groups in total. The van der Waals surface area contributed by atoms with E-state index < -0.39 is 9.84 Å². The average Bonchev–Trinajstić information content (AvgIpc) is 2.72. The molecule has 0 aromatic heterocycles. The van der Waals surface area contributed by atoms with Gasteiger partial charge in [0.15, 0.2) is 0 Å². The van der Waals surface area contributed by atoms with E-state index >= 15 is 0 Å². The Labute approximate surface area is 163 Å². The van der Waals surface area contributed by atoms with Gasteiger partial charge in [0.05, 0.1) is 4.90 Å². The molecular formula is C22H16FNO3S. The number of halogens is 1. The maximum absolute atomic E-state index is 13.0. The lowest BCUT2D eigenvalue weighted by Gasteiger charge is -2.07. The van der Waals surface area contributed by atoms with Gasteiger partial charge in [-0.2, -0.15) is 5.26 Å². The molecule has 0 radical (unpaired) electrons. The van der Waals surface area contributed by atoms with E-state index in [0.29, 0.717) is 11.3 Å². The Morgan fingerprint density at radius 3 is 2.39 bits per heavy atom. The summed E-state index contributed by atoms with van der Waals surface area (Å²) in [5.74, 6) is 0.187. The zero-order chi connectivity index (χ0) is 20.0. The topological polar surface area (TPSA) is 67.2 Å². The molecule has 0 heterocycles. The lowest BCUT2D eigenvalue weighted by atomic mass is 10.2. The molecule has 0 aliphatic carbocycles. The summed E-state index contributed by atoms with van der Waals surface area (Å²) in [4.78, 5) is -0.291. The zero-order valence-corrected chi connectivity index (χ0v) is 15.6. The highest BCUT2D eigenvalue weighted by atomic mass is 32.2. The second kappa shape index (κ2) is 8.51. The Morgan fingerprint density at radius 2 is 1.71 bits per heavy atom. The molecule has 6 heteroatoms.